The molecule has 0 saturated heterocycles. The Balaban J connectivity index is 1.63. The number of aryl methyl sites for hydroxylation is 1. The largest absolute Gasteiger partial charge is 0.467 e. The molecule has 1 N–H and O–H groups in total. The number of nitrogens with one attached hydrogen (secondary N) is 1. The molecule has 152 valence electrons. The van der Waals surface area contributed by atoms with Gasteiger partial charge in [0.2, 0.25) is 5.91 Å². The van der Waals surface area contributed by atoms with Crippen LogP contribution in [0.4, 0.5) is 0 Å². The predicted molar refractivity (Wildman–Crippen MR) is 109 cm³/mol. The van der Waals surface area contributed by atoms with Crippen molar-refractivity contribution in [2.45, 2.75) is 70.8 Å². The summed E-state index contributed by atoms with van der Waals surface area (Å²) in [6.07, 6.45) is 6.50. The Morgan fingerprint density at radius 2 is 1.68 bits per heavy atom. The van der Waals surface area contributed by atoms with Crippen molar-refractivity contribution in [3.8, 4) is 0 Å². The van der Waals surface area contributed by atoms with E-state index in [2.05, 4.69) is 36.5 Å². The lowest BCUT2D eigenvalue weighted by Crippen LogP contribution is -2.61. The molecule has 0 unspecified atom stereocenters. The predicted octanol–water partition coefficient (Wildman–Crippen LogP) is 4.15. The quantitative estimate of drug-likeness (QED) is 0.777. The fraction of sp³-hybridized carbons (Fsp3) is 0.667. The minimum absolute atomic E-state index is 0.0105. The number of ether oxygens (including phenoxy) is 1. The molecule has 3 atom stereocenters. The summed E-state index contributed by atoms with van der Waals surface area (Å²) in [5.74, 6) is 0.966. The Morgan fingerprint density at radius 1 is 1.07 bits per heavy atom. The molecule has 0 aromatic heterocycles. The Morgan fingerprint density at radius 3 is 2.21 bits per heavy atom. The highest BCUT2D eigenvalue weighted by Crippen LogP contribution is 2.65. The van der Waals surface area contributed by atoms with Gasteiger partial charge in [0.25, 0.3) is 0 Å². The van der Waals surface area contributed by atoms with Crippen LogP contribution in [0, 0.1) is 30.1 Å². The second-order valence-corrected chi connectivity index (χ2v) is 10.1. The first kappa shape index (κ1) is 19.5. The summed E-state index contributed by atoms with van der Waals surface area (Å²) in [6.45, 7) is 6.03. The van der Waals surface area contributed by atoms with Gasteiger partial charge >= 0.3 is 5.97 Å². The number of carbonyl (C=O) groups excluding carboxylic acids is 2. The van der Waals surface area contributed by atoms with Crippen molar-refractivity contribution in [2.24, 2.45) is 23.2 Å². The van der Waals surface area contributed by atoms with E-state index in [1.54, 1.807) is 0 Å². The maximum Gasteiger partial charge on any atom is 0.328 e. The van der Waals surface area contributed by atoms with Gasteiger partial charge in [-0.25, -0.2) is 4.79 Å². The van der Waals surface area contributed by atoms with Crippen LogP contribution in [0.5, 0.6) is 0 Å². The fourth-order valence-electron chi connectivity index (χ4n) is 6.69. The first-order chi connectivity index (χ1) is 13.3. The molecule has 5 rings (SSSR count). The molecule has 28 heavy (non-hydrogen) atoms. The van der Waals surface area contributed by atoms with E-state index in [-0.39, 0.29) is 28.6 Å². The first-order valence-corrected chi connectivity index (χ1v) is 10.7. The number of amides is 1. The van der Waals surface area contributed by atoms with E-state index in [1.807, 2.05) is 13.8 Å². The number of carbonyl (C=O) groups is 2. The summed E-state index contributed by atoms with van der Waals surface area (Å²) < 4.78 is 4.94. The molecule has 0 aliphatic heterocycles. The SMILES string of the molecule is COC(=O)[C@@H](NC(=O)C12C[C@H]3C[C@H](C1)CC(c1ccc(C)cc1)(C3)C2)C(C)C. The molecule has 0 heterocycles. The van der Waals surface area contributed by atoms with Crippen LogP contribution in [0.3, 0.4) is 0 Å². The third-order valence-corrected chi connectivity index (χ3v) is 7.62. The average molecular weight is 384 g/mol. The van der Waals surface area contributed by atoms with Crippen LogP contribution >= 0.6 is 0 Å². The Hall–Kier alpha value is -1.84. The number of rotatable bonds is 5. The lowest BCUT2D eigenvalue weighted by molar-refractivity contribution is -0.155. The van der Waals surface area contributed by atoms with Crippen molar-refractivity contribution in [1.82, 2.24) is 5.32 Å². The average Bonchev–Trinajstić information content (AvgIpc) is 2.64. The van der Waals surface area contributed by atoms with Gasteiger partial charge in [0.1, 0.15) is 6.04 Å². The molecule has 4 aliphatic rings. The molecule has 1 amide bonds. The normalized spacial score (nSPS) is 34.3. The van der Waals surface area contributed by atoms with Crippen LogP contribution in [0.25, 0.3) is 0 Å². The van der Waals surface area contributed by atoms with E-state index in [0.717, 1.165) is 19.3 Å². The van der Waals surface area contributed by atoms with Gasteiger partial charge in [0.15, 0.2) is 0 Å². The standard InChI is InChI=1S/C24H33NO3/c1-15(2)20(21(26)28-4)25-22(27)24-12-17-9-18(13-24)11-23(10-17,14-24)19-7-5-16(3)6-8-19/h5-8,15,17-18,20H,9-14H2,1-4H3,(H,25,27)/t17-,18-,20-,23?,24?/m0/s1. The Labute approximate surface area is 168 Å². The molecular weight excluding hydrogens is 350 g/mol. The topological polar surface area (TPSA) is 55.4 Å². The third-order valence-electron chi connectivity index (χ3n) is 7.62. The Kier molecular flexibility index (Phi) is 4.79. The van der Waals surface area contributed by atoms with Crippen LogP contribution in [0.15, 0.2) is 24.3 Å². The van der Waals surface area contributed by atoms with E-state index in [9.17, 15) is 9.59 Å². The lowest BCUT2D eigenvalue weighted by atomic mass is 9.42. The number of esters is 1. The van der Waals surface area contributed by atoms with Gasteiger partial charge in [-0.05, 0) is 74.2 Å². The van der Waals surface area contributed by atoms with Gasteiger partial charge in [-0.1, -0.05) is 43.7 Å². The van der Waals surface area contributed by atoms with Crippen LogP contribution in [0.2, 0.25) is 0 Å². The molecule has 1 aromatic rings. The maximum atomic E-state index is 13.5. The highest BCUT2D eigenvalue weighted by molar-refractivity contribution is 5.88. The Bertz CT molecular complexity index is 753. The summed E-state index contributed by atoms with van der Waals surface area (Å²) in [5.41, 5.74) is 2.46. The number of benzene rings is 1. The van der Waals surface area contributed by atoms with E-state index >= 15 is 0 Å². The number of methoxy groups -OCH3 is 1. The number of hydrogen-bond donors (Lipinski definition) is 1. The lowest BCUT2D eigenvalue weighted by Gasteiger charge is -2.61. The molecule has 4 fully saturated rings. The molecule has 4 bridgehead atoms. The molecule has 4 saturated carbocycles. The zero-order valence-electron chi connectivity index (χ0n) is 17.6. The minimum Gasteiger partial charge on any atom is -0.467 e. The summed E-state index contributed by atoms with van der Waals surface area (Å²) in [6, 6.07) is 8.39. The van der Waals surface area contributed by atoms with Crippen molar-refractivity contribution < 1.29 is 14.3 Å². The smallest absolute Gasteiger partial charge is 0.328 e. The molecule has 1 aromatic carbocycles. The van der Waals surface area contributed by atoms with Gasteiger partial charge in [-0.15, -0.1) is 0 Å². The van der Waals surface area contributed by atoms with Crippen molar-refractivity contribution in [3.05, 3.63) is 35.4 Å². The van der Waals surface area contributed by atoms with Gasteiger partial charge in [0, 0.05) is 0 Å². The third kappa shape index (κ3) is 3.15. The van der Waals surface area contributed by atoms with Crippen molar-refractivity contribution >= 4 is 11.9 Å². The molecule has 0 radical (unpaired) electrons. The summed E-state index contributed by atoms with van der Waals surface area (Å²) >= 11 is 0. The van der Waals surface area contributed by atoms with Crippen molar-refractivity contribution in [3.63, 3.8) is 0 Å². The summed E-state index contributed by atoms with van der Waals surface area (Å²) in [5, 5.41) is 3.09. The zero-order chi connectivity index (χ0) is 20.1. The van der Waals surface area contributed by atoms with Gasteiger partial charge in [-0.3, -0.25) is 4.79 Å². The minimum atomic E-state index is -0.569. The molecule has 4 heteroatoms. The van der Waals surface area contributed by atoms with Crippen LogP contribution < -0.4 is 5.32 Å². The monoisotopic (exact) mass is 383 g/mol. The van der Waals surface area contributed by atoms with E-state index < -0.39 is 6.04 Å². The summed E-state index contributed by atoms with van der Waals surface area (Å²) in [4.78, 5) is 25.7. The number of hydrogen-bond acceptors (Lipinski definition) is 3. The van der Waals surface area contributed by atoms with Crippen LogP contribution in [0.1, 0.15) is 63.5 Å². The second kappa shape index (κ2) is 6.89. The second-order valence-electron chi connectivity index (χ2n) is 10.1. The molecule has 4 aliphatic carbocycles. The summed E-state index contributed by atoms with van der Waals surface area (Å²) in [7, 11) is 1.39. The first-order valence-electron chi connectivity index (χ1n) is 10.7. The van der Waals surface area contributed by atoms with Crippen LogP contribution in [-0.4, -0.2) is 25.0 Å². The molecule has 4 nitrogen and oxygen atoms in total. The van der Waals surface area contributed by atoms with Crippen molar-refractivity contribution in [2.75, 3.05) is 7.11 Å². The van der Waals surface area contributed by atoms with E-state index in [4.69, 9.17) is 4.74 Å². The molecular formula is C24H33NO3. The van der Waals surface area contributed by atoms with E-state index in [1.165, 1.54) is 37.5 Å². The van der Waals surface area contributed by atoms with Gasteiger partial charge in [-0.2, -0.15) is 0 Å². The van der Waals surface area contributed by atoms with Crippen LogP contribution in [-0.2, 0) is 19.7 Å². The maximum absolute atomic E-state index is 13.5. The van der Waals surface area contributed by atoms with E-state index in [0.29, 0.717) is 11.8 Å². The highest BCUT2D eigenvalue weighted by Gasteiger charge is 2.61. The van der Waals surface area contributed by atoms with Gasteiger partial charge in [0.05, 0.1) is 12.5 Å². The highest BCUT2D eigenvalue weighted by atomic mass is 16.5. The van der Waals surface area contributed by atoms with Crippen molar-refractivity contribution in [1.29, 1.82) is 0 Å². The zero-order valence-corrected chi connectivity index (χ0v) is 17.6. The fourth-order valence-corrected chi connectivity index (χ4v) is 6.69. The molecule has 0 spiro atoms. The van der Waals surface area contributed by atoms with Gasteiger partial charge < -0.3 is 10.1 Å².